The number of rotatable bonds is 4. The number of sulfonamides is 1. The van der Waals surface area contributed by atoms with Crippen molar-refractivity contribution in [3.63, 3.8) is 0 Å². The topological polar surface area (TPSA) is 137 Å². The van der Waals surface area contributed by atoms with Gasteiger partial charge in [0.25, 0.3) is 0 Å². The van der Waals surface area contributed by atoms with Crippen LogP contribution in [0.15, 0.2) is 29.2 Å². The second-order valence-electron chi connectivity index (χ2n) is 7.60. The monoisotopic (exact) mass is 409 g/mol. The molecule has 2 N–H and O–H groups in total. The molecule has 1 saturated heterocycles. The smallest absolute Gasteiger partial charge is 0.407 e. The standard InChI is InChI=1S/C18H23N3O6S/c1-17(2,3)27-15(22)18(7-9-21(10-8-18)16(23)24)20-28(25,26)14-6-4-5-13(11-14)12-19/h4-6,11,20H,7-10H2,1-3H3,(H,23,24). The van der Waals surface area contributed by atoms with Crippen molar-refractivity contribution >= 4 is 22.1 Å². The Hall–Kier alpha value is -2.64. The summed E-state index contributed by atoms with van der Waals surface area (Å²) in [6.07, 6.45) is -1.26. The van der Waals surface area contributed by atoms with Crippen LogP contribution in [0.1, 0.15) is 39.2 Å². The van der Waals surface area contributed by atoms with Crippen LogP contribution in [0.25, 0.3) is 0 Å². The summed E-state index contributed by atoms with van der Waals surface area (Å²) < 4.78 is 33.6. The zero-order valence-corrected chi connectivity index (χ0v) is 16.7. The Bertz CT molecular complexity index is 906. The van der Waals surface area contributed by atoms with Crippen molar-refractivity contribution in [3.05, 3.63) is 29.8 Å². The number of hydrogen-bond donors (Lipinski definition) is 2. The summed E-state index contributed by atoms with van der Waals surface area (Å²) in [5.41, 5.74) is -2.28. The molecule has 1 aliphatic rings. The van der Waals surface area contributed by atoms with Crippen LogP contribution in [-0.2, 0) is 19.6 Å². The van der Waals surface area contributed by atoms with Gasteiger partial charge in [-0.15, -0.1) is 0 Å². The normalized spacial score (nSPS) is 16.9. The van der Waals surface area contributed by atoms with Gasteiger partial charge in [-0.05, 0) is 51.8 Å². The number of esters is 1. The van der Waals surface area contributed by atoms with Crippen molar-refractivity contribution < 1.29 is 27.9 Å². The lowest BCUT2D eigenvalue weighted by molar-refractivity contribution is -0.164. The quantitative estimate of drug-likeness (QED) is 0.722. The minimum Gasteiger partial charge on any atom is -0.465 e. The minimum absolute atomic E-state index is 0.0185. The van der Waals surface area contributed by atoms with Crippen LogP contribution in [0.3, 0.4) is 0 Å². The summed E-state index contributed by atoms with van der Waals surface area (Å²) in [7, 11) is -4.16. The molecule has 28 heavy (non-hydrogen) atoms. The SMILES string of the molecule is CC(C)(C)OC(=O)C1(NS(=O)(=O)c2cccc(C#N)c2)CCN(C(=O)O)CC1. The van der Waals surface area contributed by atoms with Gasteiger partial charge < -0.3 is 14.7 Å². The molecule has 1 amide bonds. The van der Waals surface area contributed by atoms with E-state index < -0.39 is 33.2 Å². The molecule has 0 spiro atoms. The first-order valence-corrected chi connectivity index (χ1v) is 10.1. The van der Waals surface area contributed by atoms with Gasteiger partial charge in [-0.1, -0.05) is 6.07 Å². The molecule has 0 saturated carbocycles. The van der Waals surface area contributed by atoms with E-state index in [1.807, 2.05) is 6.07 Å². The number of nitrogens with one attached hydrogen (secondary N) is 1. The number of nitriles is 1. The maximum absolute atomic E-state index is 12.9. The Labute approximate surface area is 163 Å². The van der Waals surface area contributed by atoms with Gasteiger partial charge in [0.2, 0.25) is 10.0 Å². The maximum atomic E-state index is 12.9. The first-order chi connectivity index (χ1) is 12.9. The predicted molar refractivity (Wildman–Crippen MR) is 98.9 cm³/mol. The Morgan fingerprint density at radius 2 is 1.89 bits per heavy atom. The van der Waals surface area contributed by atoms with Gasteiger partial charge in [-0.25, -0.2) is 18.0 Å². The average molecular weight is 409 g/mol. The van der Waals surface area contributed by atoms with E-state index in [9.17, 15) is 18.0 Å². The number of nitrogens with zero attached hydrogens (tertiary/aromatic N) is 2. The highest BCUT2D eigenvalue weighted by Gasteiger charge is 2.47. The molecule has 0 aliphatic carbocycles. The molecule has 0 radical (unpaired) electrons. The Morgan fingerprint density at radius 3 is 2.39 bits per heavy atom. The van der Waals surface area contributed by atoms with Crippen LogP contribution >= 0.6 is 0 Å². The molecule has 0 aromatic heterocycles. The van der Waals surface area contributed by atoms with Crippen molar-refractivity contribution in [1.29, 1.82) is 5.26 Å². The van der Waals surface area contributed by atoms with Gasteiger partial charge in [-0.3, -0.25) is 0 Å². The van der Waals surface area contributed by atoms with E-state index in [0.29, 0.717) is 0 Å². The molecule has 1 aromatic rings. The van der Waals surface area contributed by atoms with Crippen molar-refractivity contribution in [3.8, 4) is 6.07 Å². The fourth-order valence-corrected chi connectivity index (χ4v) is 4.31. The van der Waals surface area contributed by atoms with Crippen LogP contribution in [-0.4, -0.2) is 54.7 Å². The summed E-state index contributed by atoms with van der Waals surface area (Å²) in [4.78, 5) is 25.0. The molecule has 1 heterocycles. The molecular formula is C18H23N3O6S. The zero-order chi connectivity index (χ0) is 21.2. The number of likely N-dealkylation sites (tertiary alicyclic amines) is 1. The van der Waals surface area contributed by atoms with Gasteiger partial charge in [0, 0.05) is 13.1 Å². The number of carbonyl (C=O) groups excluding carboxylic acids is 1. The maximum Gasteiger partial charge on any atom is 0.407 e. The van der Waals surface area contributed by atoms with E-state index >= 15 is 0 Å². The highest BCUT2D eigenvalue weighted by Crippen LogP contribution is 2.28. The molecule has 152 valence electrons. The second kappa shape index (κ2) is 7.77. The summed E-state index contributed by atoms with van der Waals surface area (Å²) in [6, 6.07) is 7.29. The lowest BCUT2D eigenvalue weighted by Crippen LogP contribution is -2.61. The first kappa shape index (κ1) is 21.7. The predicted octanol–water partition coefficient (Wildman–Crippen LogP) is 1.69. The molecule has 0 bridgehead atoms. The third kappa shape index (κ3) is 4.99. The van der Waals surface area contributed by atoms with Gasteiger partial charge in [0.15, 0.2) is 0 Å². The van der Waals surface area contributed by atoms with E-state index in [4.69, 9.17) is 15.1 Å². The van der Waals surface area contributed by atoms with Crippen LogP contribution in [0, 0.1) is 11.3 Å². The Kier molecular flexibility index (Phi) is 6.01. The fourth-order valence-electron chi connectivity index (χ4n) is 2.85. The van der Waals surface area contributed by atoms with Crippen molar-refractivity contribution in [1.82, 2.24) is 9.62 Å². The molecular weight excluding hydrogens is 386 g/mol. The van der Waals surface area contributed by atoms with Crippen LogP contribution in [0.4, 0.5) is 4.79 Å². The summed E-state index contributed by atoms with van der Waals surface area (Å²) >= 11 is 0. The Morgan fingerprint density at radius 1 is 1.29 bits per heavy atom. The highest BCUT2D eigenvalue weighted by atomic mass is 32.2. The van der Waals surface area contributed by atoms with Crippen molar-refractivity contribution in [2.75, 3.05) is 13.1 Å². The molecule has 1 fully saturated rings. The van der Waals surface area contributed by atoms with Crippen molar-refractivity contribution in [2.24, 2.45) is 0 Å². The largest absolute Gasteiger partial charge is 0.465 e. The zero-order valence-electron chi connectivity index (χ0n) is 15.9. The van der Waals surface area contributed by atoms with Gasteiger partial charge in [0.05, 0.1) is 16.5 Å². The van der Waals surface area contributed by atoms with Gasteiger partial charge >= 0.3 is 12.1 Å². The van der Waals surface area contributed by atoms with E-state index in [2.05, 4.69) is 4.72 Å². The van der Waals surface area contributed by atoms with E-state index in [0.717, 1.165) is 4.90 Å². The fraction of sp³-hybridized carbons (Fsp3) is 0.500. The Balaban J connectivity index is 2.38. The van der Waals surface area contributed by atoms with Crippen LogP contribution < -0.4 is 4.72 Å². The minimum atomic E-state index is -4.16. The number of carboxylic acid groups (broad SMARTS) is 1. The lowest BCUT2D eigenvalue weighted by atomic mass is 9.88. The van der Waals surface area contributed by atoms with Crippen LogP contribution in [0.5, 0.6) is 0 Å². The molecule has 10 heteroatoms. The van der Waals surface area contributed by atoms with Crippen molar-refractivity contribution in [2.45, 2.75) is 49.6 Å². The first-order valence-electron chi connectivity index (χ1n) is 8.64. The average Bonchev–Trinajstić information content (AvgIpc) is 2.60. The third-order valence-electron chi connectivity index (χ3n) is 4.28. The lowest BCUT2D eigenvalue weighted by Gasteiger charge is -2.40. The van der Waals surface area contributed by atoms with E-state index in [1.54, 1.807) is 20.8 Å². The number of amides is 1. The van der Waals surface area contributed by atoms with Crippen LogP contribution in [0.2, 0.25) is 0 Å². The second-order valence-corrected chi connectivity index (χ2v) is 9.28. The van der Waals surface area contributed by atoms with Gasteiger partial charge in [0.1, 0.15) is 11.1 Å². The van der Waals surface area contributed by atoms with Gasteiger partial charge in [-0.2, -0.15) is 9.98 Å². The summed E-state index contributed by atoms with van der Waals surface area (Å²) in [6.45, 7) is 4.95. The van der Waals surface area contributed by atoms with E-state index in [-0.39, 0.29) is 36.4 Å². The summed E-state index contributed by atoms with van der Waals surface area (Å²) in [5.74, 6) is -0.759. The molecule has 0 unspecified atom stereocenters. The molecule has 0 atom stereocenters. The number of piperidine rings is 1. The highest BCUT2D eigenvalue weighted by molar-refractivity contribution is 7.89. The summed E-state index contributed by atoms with van der Waals surface area (Å²) in [5, 5.41) is 18.1. The number of ether oxygens (including phenoxy) is 1. The molecule has 9 nitrogen and oxygen atoms in total. The van der Waals surface area contributed by atoms with E-state index in [1.165, 1.54) is 24.3 Å². The molecule has 1 aliphatic heterocycles. The molecule has 2 rings (SSSR count). The number of benzene rings is 1. The number of hydrogen-bond acceptors (Lipinski definition) is 6. The third-order valence-corrected chi connectivity index (χ3v) is 5.81. The number of carbonyl (C=O) groups is 2. The molecule has 1 aromatic carbocycles.